The molecule has 0 spiro atoms. The van der Waals surface area contributed by atoms with Gasteiger partial charge in [0.2, 0.25) is 0 Å². The van der Waals surface area contributed by atoms with E-state index in [1.165, 1.54) is 7.11 Å². The summed E-state index contributed by atoms with van der Waals surface area (Å²) in [6.45, 7) is 0. The number of carbonyl (C=O) groups is 1. The molecule has 16 heavy (non-hydrogen) atoms. The zero-order chi connectivity index (χ0) is 11.7. The Hall–Kier alpha value is -0.940. The number of nitrogens with zero attached hydrogens (tertiary/aromatic N) is 1. The first-order chi connectivity index (χ1) is 7.63. The van der Waals surface area contributed by atoms with Gasteiger partial charge in [0.25, 0.3) is 0 Å². The van der Waals surface area contributed by atoms with E-state index in [2.05, 4.69) is 36.8 Å². The molecule has 82 valence electrons. The summed E-state index contributed by atoms with van der Waals surface area (Å²) >= 11 is 6.73. The number of benzene rings is 1. The van der Waals surface area contributed by atoms with Gasteiger partial charge in [-0.15, -0.1) is 0 Å². The molecule has 0 amide bonds. The number of methoxy groups -OCH3 is 1. The highest BCUT2D eigenvalue weighted by Crippen LogP contribution is 2.27. The van der Waals surface area contributed by atoms with Crippen molar-refractivity contribution in [3.63, 3.8) is 0 Å². The number of fused-ring (bicyclic) bond motifs is 1. The largest absolute Gasteiger partial charge is 0.465 e. The SMILES string of the molecule is COC(=O)c1ccc(Br)c2ncc(Br)cc12. The average molecular weight is 345 g/mol. The van der Waals surface area contributed by atoms with E-state index in [4.69, 9.17) is 4.74 Å². The van der Waals surface area contributed by atoms with E-state index in [1.807, 2.05) is 6.07 Å². The molecular weight excluding hydrogens is 338 g/mol. The van der Waals surface area contributed by atoms with Crippen molar-refractivity contribution in [1.82, 2.24) is 4.98 Å². The van der Waals surface area contributed by atoms with Gasteiger partial charge in [-0.25, -0.2) is 4.79 Å². The van der Waals surface area contributed by atoms with Crippen LogP contribution in [0.2, 0.25) is 0 Å². The van der Waals surface area contributed by atoms with Gasteiger partial charge in [-0.3, -0.25) is 4.98 Å². The summed E-state index contributed by atoms with van der Waals surface area (Å²) in [6.07, 6.45) is 1.69. The van der Waals surface area contributed by atoms with Crippen molar-refractivity contribution in [2.24, 2.45) is 0 Å². The van der Waals surface area contributed by atoms with Gasteiger partial charge in [0, 0.05) is 20.5 Å². The quantitative estimate of drug-likeness (QED) is 0.743. The smallest absolute Gasteiger partial charge is 0.338 e. The molecule has 3 nitrogen and oxygen atoms in total. The van der Waals surface area contributed by atoms with Crippen LogP contribution in [0.15, 0.2) is 33.3 Å². The fourth-order valence-electron chi connectivity index (χ4n) is 1.45. The fourth-order valence-corrected chi connectivity index (χ4v) is 2.23. The molecule has 0 aliphatic rings. The molecule has 0 radical (unpaired) electrons. The highest BCUT2D eigenvalue weighted by molar-refractivity contribution is 9.11. The molecule has 1 aromatic heterocycles. The summed E-state index contributed by atoms with van der Waals surface area (Å²) in [7, 11) is 1.36. The molecule has 0 fully saturated rings. The summed E-state index contributed by atoms with van der Waals surface area (Å²) < 4.78 is 6.40. The molecular formula is C11H7Br2NO2. The lowest BCUT2D eigenvalue weighted by Gasteiger charge is -2.06. The lowest BCUT2D eigenvalue weighted by Crippen LogP contribution is -2.02. The second kappa shape index (κ2) is 4.51. The van der Waals surface area contributed by atoms with Gasteiger partial charge in [-0.1, -0.05) is 0 Å². The Labute approximate surface area is 109 Å². The van der Waals surface area contributed by atoms with Gasteiger partial charge in [-0.2, -0.15) is 0 Å². The Kier molecular flexibility index (Phi) is 3.25. The Balaban J connectivity index is 2.80. The Morgan fingerprint density at radius 3 is 2.81 bits per heavy atom. The van der Waals surface area contributed by atoms with Crippen LogP contribution < -0.4 is 0 Å². The molecule has 0 unspecified atom stereocenters. The minimum atomic E-state index is -0.364. The van der Waals surface area contributed by atoms with Gasteiger partial charge >= 0.3 is 5.97 Å². The van der Waals surface area contributed by atoms with Crippen LogP contribution in [0.4, 0.5) is 0 Å². The standard InChI is InChI=1S/C11H7Br2NO2/c1-16-11(15)7-2-3-9(13)10-8(7)4-6(12)5-14-10/h2-5H,1H3. The van der Waals surface area contributed by atoms with E-state index in [9.17, 15) is 4.79 Å². The van der Waals surface area contributed by atoms with E-state index in [1.54, 1.807) is 18.3 Å². The van der Waals surface area contributed by atoms with E-state index in [0.29, 0.717) is 5.56 Å². The molecule has 0 atom stereocenters. The summed E-state index contributed by atoms with van der Waals surface area (Å²) in [5, 5.41) is 0.760. The number of pyridine rings is 1. The number of hydrogen-bond donors (Lipinski definition) is 0. The van der Waals surface area contributed by atoms with Crippen molar-refractivity contribution in [3.8, 4) is 0 Å². The van der Waals surface area contributed by atoms with Gasteiger partial charge in [0.1, 0.15) is 0 Å². The summed E-state index contributed by atoms with van der Waals surface area (Å²) in [4.78, 5) is 15.8. The zero-order valence-electron chi connectivity index (χ0n) is 8.33. The molecule has 2 aromatic rings. The zero-order valence-corrected chi connectivity index (χ0v) is 11.5. The maximum Gasteiger partial charge on any atom is 0.338 e. The molecule has 5 heteroatoms. The lowest BCUT2D eigenvalue weighted by atomic mass is 10.1. The maximum absolute atomic E-state index is 11.6. The van der Waals surface area contributed by atoms with Crippen molar-refractivity contribution in [2.45, 2.75) is 0 Å². The first-order valence-corrected chi connectivity index (χ1v) is 6.04. The van der Waals surface area contributed by atoms with Crippen LogP contribution >= 0.6 is 31.9 Å². The Bertz CT molecular complexity index is 569. The van der Waals surface area contributed by atoms with Gasteiger partial charge in [0.15, 0.2) is 0 Å². The molecule has 0 N–H and O–H groups in total. The average Bonchev–Trinajstić information content (AvgIpc) is 2.28. The second-order valence-electron chi connectivity index (χ2n) is 3.14. The number of aromatic nitrogens is 1. The molecule has 0 aliphatic carbocycles. The van der Waals surface area contributed by atoms with Crippen molar-refractivity contribution in [2.75, 3.05) is 7.11 Å². The molecule has 1 heterocycles. The topological polar surface area (TPSA) is 39.2 Å². The lowest BCUT2D eigenvalue weighted by molar-refractivity contribution is 0.0603. The van der Waals surface area contributed by atoms with Crippen LogP contribution in [-0.2, 0) is 4.74 Å². The van der Waals surface area contributed by atoms with Crippen LogP contribution in [0.25, 0.3) is 10.9 Å². The van der Waals surface area contributed by atoms with Crippen molar-refractivity contribution < 1.29 is 9.53 Å². The minimum absolute atomic E-state index is 0.364. The predicted molar refractivity (Wildman–Crippen MR) is 68.5 cm³/mol. The molecule has 0 aliphatic heterocycles. The maximum atomic E-state index is 11.6. The van der Waals surface area contributed by atoms with E-state index in [0.717, 1.165) is 19.8 Å². The minimum Gasteiger partial charge on any atom is -0.465 e. The van der Waals surface area contributed by atoms with Crippen molar-refractivity contribution in [3.05, 3.63) is 38.9 Å². The van der Waals surface area contributed by atoms with Crippen LogP contribution in [0, 0.1) is 0 Å². The molecule has 2 rings (SSSR count). The van der Waals surface area contributed by atoms with Crippen LogP contribution in [0.3, 0.4) is 0 Å². The van der Waals surface area contributed by atoms with E-state index in [-0.39, 0.29) is 5.97 Å². The van der Waals surface area contributed by atoms with Crippen LogP contribution in [-0.4, -0.2) is 18.1 Å². The van der Waals surface area contributed by atoms with Crippen molar-refractivity contribution >= 4 is 48.7 Å². The third-order valence-corrected chi connectivity index (χ3v) is 3.25. The monoisotopic (exact) mass is 343 g/mol. The van der Waals surface area contributed by atoms with E-state index >= 15 is 0 Å². The highest BCUT2D eigenvalue weighted by Gasteiger charge is 2.12. The second-order valence-corrected chi connectivity index (χ2v) is 4.91. The molecule has 0 bridgehead atoms. The van der Waals surface area contributed by atoms with Crippen LogP contribution in [0.1, 0.15) is 10.4 Å². The van der Waals surface area contributed by atoms with E-state index < -0.39 is 0 Å². The molecule has 0 saturated heterocycles. The normalized spacial score (nSPS) is 10.4. The number of hydrogen-bond acceptors (Lipinski definition) is 3. The number of halogens is 2. The van der Waals surface area contributed by atoms with Gasteiger partial charge in [0.05, 0.1) is 18.2 Å². The third kappa shape index (κ3) is 1.97. The van der Waals surface area contributed by atoms with Gasteiger partial charge in [-0.05, 0) is 50.1 Å². The number of carbonyl (C=O) groups excluding carboxylic acids is 1. The van der Waals surface area contributed by atoms with Gasteiger partial charge < -0.3 is 4.74 Å². The molecule has 1 aromatic carbocycles. The number of esters is 1. The number of ether oxygens (including phenoxy) is 1. The first kappa shape index (κ1) is 11.5. The fraction of sp³-hybridized carbons (Fsp3) is 0.0909. The highest BCUT2D eigenvalue weighted by atomic mass is 79.9. The summed E-state index contributed by atoms with van der Waals surface area (Å²) in [6, 6.07) is 5.35. The summed E-state index contributed by atoms with van der Waals surface area (Å²) in [5.41, 5.74) is 1.25. The number of rotatable bonds is 1. The molecule has 0 saturated carbocycles. The predicted octanol–water partition coefficient (Wildman–Crippen LogP) is 3.55. The van der Waals surface area contributed by atoms with Crippen LogP contribution in [0.5, 0.6) is 0 Å². The third-order valence-electron chi connectivity index (χ3n) is 2.17. The van der Waals surface area contributed by atoms with Crippen molar-refractivity contribution in [1.29, 1.82) is 0 Å². The summed E-state index contributed by atoms with van der Waals surface area (Å²) in [5.74, 6) is -0.364. The Morgan fingerprint density at radius 2 is 2.12 bits per heavy atom. The first-order valence-electron chi connectivity index (χ1n) is 4.45. The Morgan fingerprint density at radius 1 is 1.38 bits per heavy atom.